The molecule has 1 fully saturated rings. The van der Waals surface area contributed by atoms with Crippen LogP contribution in [0.1, 0.15) is 45.0 Å². The van der Waals surface area contributed by atoms with Gasteiger partial charge in [0.25, 0.3) is 5.91 Å². The zero-order chi connectivity index (χ0) is 23.1. The molecule has 1 aliphatic rings. The SMILES string of the molecule is Cc1cc(C)c(NC(=O)c2ccc3nc(NC(=O)C4C[C@H]4c4ccccc4)sc3c2)c(C)c1. The average Bonchev–Trinajstić information content (AvgIpc) is 3.50. The van der Waals surface area contributed by atoms with E-state index in [1.807, 2.05) is 51.1 Å². The third kappa shape index (κ3) is 4.39. The first-order valence-corrected chi connectivity index (χ1v) is 11.9. The number of aromatic nitrogens is 1. The maximum Gasteiger partial charge on any atom is 0.255 e. The lowest BCUT2D eigenvalue weighted by Gasteiger charge is -2.12. The van der Waals surface area contributed by atoms with Gasteiger partial charge < -0.3 is 10.6 Å². The van der Waals surface area contributed by atoms with Crippen LogP contribution in [0.2, 0.25) is 0 Å². The largest absolute Gasteiger partial charge is 0.322 e. The molecule has 0 aliphatic heterocycles. The minimum absolute atomic E-state index is 0.00574. The van der Waals surface area contributed by atoms with Crippen LogP contribution in [0.4, 0.5) is 10.8 Å². The van der Waals surface area contributed by atoms with Gasteiger partial charge in [-0.15, -0.1) is 0 Å². The molecule has 0 radical (unpaired) electrons. The molecule has 166 valence electrons. The molecule has 1 heterocycles. The highest BCUT2D eigenvalue weighted by Crippen LogP contribution is 2.48. The van der Waals surface area contributed by atoms with Crippen molar-refractivity contribution in [3.63, 3.8) is 0 Å². The van der Waals surface area contributed by atoms with Crippen LogP contribution >= 0.6 is 11.3 Å². The van der Waals surface area contributed by atoms with Gasteiger partial charge in [-0.05, 0) is 68.0 Å². The lowest BCUT2D eigenvalue weighted by molar-refractivity contribution is -0.117. The van der Waals surface area contributed by atoms with Gasteiger partial charge >= 0.3 is 0 Å². The Hall–Kier alpha value is -3.51. The predicted octanol–water partition coefficient (Wildman–Crippen LogP) is 6.22. The van der Waals surface area contributed by atoms with E-state index in [0.717, 1.165) is 33.5 Å². The van der Waals surface area contributed by atoms with Crippen molar-refractivity contribution in [2.45, 2.75) is 33.1 Å². The van der Waals surface area contributed by atoms with Crippen LogP contribution in [0.3, 0.4) is 0 Å². The average molecular weight is 456 g/mol. The normalized spacial score (nSPS) is 17.1. The maximum atomic E-state index is 12.9. The molecule has 33 heavy (non-hydrogen) atoms. The maximum absolute atomic E-state index is 12.9. The first kappa shape index (κ1) is 21.3. The quantitative estimate of drug-likeness (QED) is 0.375. The molecule has 5 nitrogen and oxygen atoms in total. The van der Waals surface area contributed by atoms with E-state index >= 15 is 0 Å². The fourth-order valence-electron chi connectivity index (χ4n) is 4.43. The number of carbonyl (C=O) groups excluding carboxylic acids is 2. The van der Waals surface area contributed by atoms with Gasteiger partial charge in [0.1, 0.15) is 0 Å². The van der Waals surface area contributed by atoms with E-state index in [4.69, 9.17) is 0 Å². The number of carbonyl (C=O) groups is 2. The zero-order valence-corrected chi connectivity index (χ0v) is 19.6. The van der Waals surface area contributed by atoms with E-state index < -0.39 is 0 Å². The lowest BCUT2D eigenvalue weighted by atomic mass is 10.0. The van der Waals surface area contributed by atoms with E-state index in [2.05, 4.69) is 39.9 Å². The number of hydrogen-bond donors (Lipinski definition) is 2. The number of thiazole rings is 1. The minimum atomic E-state index is -0.158. The first-order chi connectivity index (χ1) is 15.9. The van der Waals surface area contributed by atoms with Crippen LogP contribution in [0.15, 0.2) is 60.7 Å². The van der Waals surface area contributed by atoms with Crippen LogP contribution in [0.5, 0.6) is 0 Å². The molecule has 2 atom stereocenters. The summed E-state index contributed by atoms with van der Waals surface area (Å²) in [5.74, 6) is 0.118. The van der Waals surface area contributed by atoms with Crippen molar-refractivity contribution in [3.8, 4) is 0 Å². The van der Waals surface area contributed by atoms with Crippen molar-refractivity contribution in [3.05, 3.63) is 88.5 Å². The van der Waals surface area contributed by atoms with Gasteiger partial charge in [0.2, 0.25) is 5.91 Å². The van der Waals surface area contributed by atoms with E-state index in [1.54, 1.807) is 6.07 Å². The van der Waals surface area contributed by atoms with E-state index in [1.165, 1.54) is 22.5 Å². The molecule has 2 amide bonds. The summed E-state index contributed by atoms with van der Waals surface area (Å²) < 4.78 is 0.866. The second-order valence-corrected chi connectivity index (χ2v) is 9.81. The number of aryl methyl sites for hydroxylation is 3. The first-order valence-electron chi connectivity index (χ1n) is 11.0. The molecule has 1 unspecified atom stereocenters. The summed E-state index contributed by atoms with van der Waals surface area (Å²) in [6, 6.07) is 19.7. The Labute approximate surface area is 196 Å². The number of nitrogens with one attached hydrogen (secondary N) is 2. The molecular formula is C27H25N3O2S. The van der Waals surface area contributed by atoms with Crippen LogP contribution in [0.25, 0.3) is 10.2 Å². The summed E-state index contributed by atoms with van der Waals surface area (Å²) in [6.07, 6.45) is 0.864. The summed E-state index contributed by atoms with van der Waals surface area (Å²) in [5.41, 5.74) is 6.64. The molecule has 0 saturated heterocycles. The van der Waals surface area contributed by atoms with Gasteiger partial charge in [-0.1, -0.05) is 59.4 Å². The number of nitrogens with zero attached hydrogens (tertiary/aromatic N) is 1. The van der Waals surface area contributed by atoms with E-state index in [9.17, 15) is 9.59 Å². The highest BCUT2D eigenvalue weighted by Gasteiger charge is 2.44. The van der Waals surface area contributed by atoms with Crippen molar-refractivity contribution < 1.29 is 9.59 Å². The number of amides is 2. The molecule has 2 N–H and O–H groups in total. The number of anilines is 2. The molecular weight excluding hydrogens is 430 g/mol. The van der Waals surface area contributed by atoms with E-state index in [0.29, 0.717) is 10.7 Å². The fourth-order valence-corrected chi connectivity index (χ4v) is 5.34. The van der Waals surface area contributed by atoms with Gasteiger partial charge in [-0.25, -0.2) is 4.98 Å². The molecule has 4 aromatic rings. The Morgan fingerprint density at radius 3 is 2.39 bits per heavy atom. The van der Waals surface area contributed by atoms with Crippen molar-refractivity contribution in [1.82, 2.24) is 4.98 Å². The Balaban J connectivity index is 1.29. The Bertz CT molecular complexity index is 1350. The molecule has 3 aromatic carbocycles. The molecule has 5 rings (SSSR count). The molecule has 6 heteroatoms. The fraction of sp³-hybridized carbons (Fsp3) is 0.222. The summed E-state index contributed by atoms with van der Waals surface area (Å²) in [6.45, 7) is 6.04. The van der Waals surface area contributed by atoms with E-state index in [-0.39, 0.29) is 23.7 Å². The summed E-state index contributed by atoms with van der Waals surface area (Å²) in [7, 11) is 0. The van der Waals surface area contributed by atoms with Gasteiger partial charge in [0.15, 0.2) is 5.13 Å². The topological polar surface area (TPSA) is 71.1 Å². The highest BCUT2D eigenvalue weighted by atomic mass is 32.1. The molecule has 1 aromatic heterocycles. The third-order valence-corrected chi connectivity index (χ3v) is 7.08. The summed E-state index contributed by atoms with van der Waals surface area (Å²) in [5, 5.41) is 6.58. The van der Waals surface area contributed by atoms with Crippen LogP contribution in [0, 0.1) is 26.7 Å². The van der Waals surface area contributed by atoms with Crippen LogP contribution in [-0.4, -0.2) is 16.8 Å². The van der Waals surface area contributed by atoms with Crippen molar-refractivity contribution in [2.75, 3.05) is 10.6 Å². The molecule has 0 bridgehead atoms. The zero-order valence-electron chi connectivity index (χ0n) is 18.8. The molecule has 1 saturated carbocycles. The lowest BCUT2D eigenvalue weighted by Crippen LogP contribution is -2.14. The van der Waals surface area contributed by atoms with Crippen molar-refractivity contribution in [1.29, 1.82) is 0 Å². The van der Waals surface area contributed by atoms with Crippen molar-refractivity contribution >= 4 is 44.2 Å². The summed E-state index contributed by atoms with van der Waals surface area (Å²) >= 11 is 1.39. The number of fused-ring (bicyclic) bond motifs is 1. The molecule has 0 spiro atoms. The Morgan fingerprint density at radius 2 is 1.67 bits per heavy atom. The van der Waals surface area contributed by atoms with Gasteiger partial charge in [-0.3, -0.25) is 9.59 Å². The highest BCUT2D eigenvalue weighted by molar-refractivity contribution is 7.22. The monoisotopic (exact) mass is 455 g/mol. The van der Waals surface area contributed by atoms with Crippen LogP contribution < -0.4 is 10.6 Å². The third-order valence-electron chi connectivity index (χ3n) is 6.15. The second kappa shape index (κ2) is 8.45. The standard InChI is InChI=1S/C27H25N3O2S/c1-15-11-16(2)24(17(3)12-15)29-25(31)19-9-10-22-23(13-19)33-27(28-22)30-26(32)21-14-20(21)18-7-5-4-6-8-18/h4-13,20-21H,14H2,1-3H3,(H,29,31)(H,28,30,32)/t20-,21?/m0/s1. The van der Waals surface area contributed by atoms with Gasteiger partial charge in [0.05, 0.1) is 10.2 Å². The van der Waals surface area contributed by atoms with Gasteiger partial charge in [0, 0.05) is 17.2 Å². The number of hydrogen-bond acceptors (Lipinski definition) is 4. The number of rotatable bonds is 5. The molecule has 1 aliphatic carbocycles. The Kier molecular flexibility index (Phi) is 5.46. The second-order valence-electron chi connectivity index (χ2n) is 8.78. The smallest absolute Gasteiger partial charge is 0.255 e. The van der Waals surface area contributed by atoms with Crippen LogP contribution in [-0.2, 0) is 4.79 Å². The van der Waals surface area contributed by atoms with Gasteiger partial charge in [-0.2, -0.15) is 0 Å². The predicted molar refractivity (Wildman–Crippen MR) is 134 cm³/mol. The number of benzene rings is 3. The Morgan fingerprint density at radius 1 is 0.939 bits per heavy atom. The summed E-state index contributed by atoms with van der Waals surface area (Å²) in [4.78, 5) is 30.1. The van der Waals surface area contributed by atoms with Crippen molar-refractivity contribution in [2.24, 2.45) is 5.92 Å². The minimum Gasteiger partial charge on any atom is -0.322 e.